The maximum Gasteiger partial charge on any atom is 0.235 e. The molecule has 0 aromatic carbocycles. The van der Waals surface area contributed by atoms with E-state index in [1.54, 1.807) is 0 Å². The minimum Gasteiger partial charge on any atom is -0.281 e. The summed E-state index contributed by atoms with van der Waals surface area (Å²) in [6, 6.07) is 1.96. The number of carbonyl (C=O) groups is 2. The second-order valence-electron chi connectivity index (χ2n) is 5.09. The van der Waals surface area contributed by atoms with Gasteiger partial charge in [0.1, 0.15) is 0 Å². The number of imide groups is 1. The molecule has 0 spiro atoms. The lowest BCUT2D eigenvalue weighted by Gasteiger charge is -2.23. The summed E-state index contributed by atoms with van der Waals surface area (Å²) >= 11 is 0. The molecule has 1 heterocycles. The first-order chi connectivity index (χ1) is 7.40. The van der Waals surface area contributed by atoms with E-state index < -0.39 is 5.41 Å². The fourth-order valence-corrected chi connectivity index (χ4v) is 2.39. The predicted octanol–water partition coefficient (Wildman–Crippen LogP) is 1.71. The minimum atomic E-state index is -0.555. The first kappa shape index (κ1) is 12.7. The van der Waals surface area contributed by atoms with E-state index in [9.17, 15) is 9.59 Å². The van der Waals surface area contributed by atoms with E-state index in [1.807, 2.05) is 26.8 Å². The van der Waals surface area contributed by atoms with E-state index in [1.165, 1.54) is 4.90 Å². The molecule has 4 nitrogen and oxygen atoms in total. The van der Waals surface area contributed by atoms with Gasteiger partial charge in [-0.1, -0.05) is 20.8 Å². The SMILES string of the molecule is CC(C)C[C@]1(C)CC(=O)N(CCC#N)C1=O. The third-order valence-electron chi connectivity index (χ3n) is 2.91. The van der Waals surface area contributed by atoms with Crippen LogP contribution >= 0.6 is 0 Å². The number of nitriles is 1. The Balaban J connectivity index is 2.77. The largest absolute Gasteiger partial charge is 0.281 e. The van der Waals surface area contributed by atoms with Crippen LogP contribution in [0.3, 0.4) is 0 Å². The topological polar surface area (TPSA) is 61.2 Å². The fourth-order valence-electron chi connectivity index (χ4n) is 2.39. The van der Waals surface area contributed by atoms with Crippen LogP contribution in [-0.2, 0) is 9.59 Å². The highest BCUT2D eigenvalue weighted by atomic mass is 16.2. The second kappa shape index (κ2) is 4.65. The third kappa shape index (κ3) is 2.41. The highest BCUT2D eigenvalue weighted by molar-refractivity contribution is 6.05. The summed E-state index contributed by atoms with van der Waals surface area (Å²) in [4.78, 5) is 25.0. The van der Waals surface area contributed by atoms with Gasteiger partial charge in [-0.25, -0.2) is 0 Å². The molecule has 1 rings (SSSR count). The van der Waals surface area contributed by atoms with E-state index >= 15 is 0 Å². The summed E-state index contributed by atoms with van der Waals surface area (Å²) < 4.78 is 0. The zero-order valence-corrected chi connectivity index (χ0v) is 10.1. The van der Waals surface area contributed by atoms with Gasteiger partial charge in [-0.3, -0.25) is 14.5 Å². The lowest BCUT2D eigenvalue weighted by Crippen LogP contribution is -2.35. The molecular formula is C12H18N2O2. The average Bonchev–Trinajstić information content (AvgIpc) is 2.35. The Morgan fingerprint density at radius 3 is 2.62 bits per heavy atom. The van der Waals surface area contributed by atoms with Crippen LogP contribution in [0.5, 0.6) is 0 Å². The Morgan fingerprint density at radius 1 is 1.50 bits per heavy atom. The Kier molecular flexibility index (Phi) is 3.69. The molecule has 0 N–H and O–H groups in total. The van der Waals surface area contributed by atoms with E-state index in [4.69, 9.17) is 5.26 Å². The van der Waals surface area contributed by atoms with E-state index in [2.05, 4.69) is 0 Å². The average molecular weight is 222 g/mol. The van der Waals surface area contributed by atoms with Crippen molar-refractivity contribution in [2.45, 2.75) is 40.0 Å². The van der Waals surface area contributed by atoms with Gasteiger partial charge in [0.2, 0.25) is 11.8 Å². The monoisotopic (exact) mass is 222 g/mol. The van der Waals surface area contributed by atoms with Crippen molar-refractivity contribution in [2.24, 2.45) is 11.3 Å². The predicted molar refractivity (Wildman–Crippen MR) is 59.1 cm³/mol. The summed E-state index contributed by atoms with van der Waals surface area (Å²) in [5, 5.41) is 8.48. The summed E-state index contributed by atoms with van der Waals surface area (Å²) in [5.74, 6) is 0.141. The minimum absolute atomic E-state index is 0.110. The second-order valence-corrected chi connectivity index (χ2v) is 5.09. The van der Waals surface area contributed by atoms with Crippen LogP contribution in [0.2, 0.25) is 0 Å². The number of rotatable bonds is 4. The van der Waals surface area contributed by atoms with Crippen LogP contribution in [-0.4, -0.2) is 23.3 Å². The molecule has 88 valence electrons. The summed E-state index contributed by atoms with van der Waals surface area (Å²) in [7, 11) is 0. The molecule has 1 atom stereocenters. The van der Waals surface area contributed by atoms with Gasteiger partial charge in [-0.2, -0.15) is 5.26 Å². The molecule has 0 radical (unpaired) electrons. The van der Waals surface area contributed by atoms with Gasteiger partial charge in [0.15, 0.2) is 0 Å². The number of hydrogen-bond acceptors (Lipinski definition) is 3. The zero-order chi connectivity index (χ0) is 12.3. The number of nitrogens with zero attached hydrogens (tertiary/aromatic N) is 2. The molecule has 0 aromatic rings. The molecule has 0 aliphatic carbocycles. The first-order valence-corrected chi connectivity index (χ1v) is 5.62. The maximum atomic E-state index is 12.1. The van der Waals surface area contributed by atoms with Gasteiger partial charge < -0.3 is 0 Å². The Labute approximate surface area is 96.2 Å². The maximum absolute atomic E-state index is 12.1. The zero-order valence-electron chi connectivity index (χ0n) is 10.1. The van der Waals surface area contributed by atoms with Gasteiger partial charge in [0.05, 0.1) is 17.9 Å². The van der Waals surface area contributed by atoms with Gasteiger partial charge in [0.25, 0.3) is 0 Å². The van der Waals surface area contributed by atoms with E-state index in [-0.39, 0.29) is 31.2 Å². The van der Waals surface area contributed by atoms with E-state index in [0.717, 1.165) is 6.42 Å². The first-order valence-electron chi connectivity index (χ1n) is 5.62. The molecule has 2 amide bonds. The quantitative estimate of drug-likeness (QED) is 0.680. The van der Waals surface area contributed by atoms with Crippen molar-refractivity contribution in [2.75, 3.05) is 6.54 Å². The highest BCUT2D eigenvalue weighted by Gasteiger charge is 2.47. The van der Waals surface area contributed by atoms with Crippen LogP contribution in [0.15, 0.2) is 0 Å². The lowest BCUT2D eigenvalue weighted by molar-refractivity contribution is -0.141. The van der Waals surface area contributed by atoms with Crippen molar-refractivity contribution in [3.05, 3.63) is 0 Å². The van der Waals surface area contributed by atoms with Gasteiger partial charge in [-0.05, 0) is 12.3 Å². The smallest absolute Gasteiger partial charge is 0.235 e. The molecular weight excluding hydrogens is 204 g/mol. The molecule has 0 bridgehead atoms. The van der Waals surface area contributed by atoms with Gasteiger partial charge in [0, 0.05) is 13.0 Å². The van der Waals surface area contributed by atoms with Crippen LogP contribution < -0.4 is 0 Å². The third-order valence-corrected chi connectivity index (χ3v) is 2.91. The fraction of sp³-hybridized carbons (Fsp3) is 0.750. The van der Waals surface area contributed by atoms with Crippen molar-refractivity contribution in [3.8, 4) is 6.07 Å². The molecule has 16 heavy (non-hydrogen) atoms. The highest BCUT2D eigenvalue weighted by Crippen LogP contribution is 2.38. The number of amides is 2. The normalized spacial score (nSPS) is 25.3. The molecule has 0 aromatic heterocycles. The van der Waals surface area contributed by atoms with Crippen molar-refractivity contribution < 1.29 is 9.59 Å². The Bertz CT molecular complexity index is 343. The number of carbonyl (C=O) groups excluding carboxylic acids is 2. The van der Waals surface area contributed by atoms with Crippen molar-refractivity contribution in [1.82, 2.24) is 4.90 Å². The molecule has 1 fully saturated rings. The van der Waals surface area contributed by atoms with Gasteiger partial charge in [-0.15, -0.1) is 0 Å². The molecule has 1 aliphatic heterocycles. The van der Waals surface area contributed by atoms with Crippen molar-refractivity contribution in [1.29, 1.82) is 5.26 Å². The molecule has 1 aliphatic rings. The molecule has 4 heteroatoms. The Hall–Kier alpha value is -1.37. The standard InChI is InChI=1S/C12H18N2O2/c1-9(2)7-12(3)8-10(15)14(11(12)16)6-4-5-13/h9H,4,6-8H2,1-3H3/t12-/m1/s1. The number of hydrogen-bond donors (Lipinski definition) is 0. The summed E-state index contributed by atoms with van der Waals surface area (Å²) in [6.45, 7) is 6.17. The number of likely N-dealkylation sites (tertiary alicyclic amines) is 1. The lowest BCUT2D eigenvalue weighted by atomic mass is 9.80. The van der Waals surface area contributed by atoms with Crippen LogP contribution in [0.25, 0.3) is 0 Å². The summed E-state index contributed by atoms with van der Waals surface area (Å²) in [5.41, 5.74) is -0.555. The summed E-state index contributed by atoms with van der Waals surface area (Å²) in [6.07, 6.45) is 1.23. The van der Waals surface area contributed by atoms with E-state index in [0.29, 0.717) is 5.92 Å². The van der Waals surface area contributed by atoms with Crippen LogP contribution in [0.1, 0.15) is 40.0 Å². The Morgan fingerprint density at radius 2 is 2.12 bits per heavy atom. The molecule has 1 saturated heterocycles. The molecule has 0 unspecified atom stereocenters. The van der Waals surface area contributed by atoms with Crippen molar-refractivity contribution >= 4 is 11.8 Å². The molecule has 0 saturated carbocycles. The van der Waals surface area contributed by atoms with Gasteiger partial charge >= 0.3 is 0 Å². The van der Waals surface area contributed by atoms with Crippen LogP contribution in [0.4, 0.5) is 0 Å². The van der Waals surface area contributed by atoms with Crippen LogP contribution in [0, 0.1) is 22.7 Å². The van der Waals surface area contributed by atoms with Crippen molar-refractivity contribution in [3.63, 3.8) is 0 Å².